The van der Waals surface area contributed by atoms with Crippen molar-refractivity contribution in [1.82, 2.24) is 0 Å². The third-order valence-electron chi connectivity index (χ3n) is 6.24. The van der Waals surface area contributed by atoms with Crippen LogP contribution in [0, 0.1) is 40.5 Å². The Hall–Kier alpha value is -3.58. The molecular formula is C22H32N4O10. The molecular weight excluding hydrogens is 480 g/mol. The summed E-state index contributed by atoms with van der Waals surface area (Å²) in [7, 11) is 0. The first-order valence-corrected chi connectivity index (χ1v) is 11.1. The quantitative estimate of drug-likeness (QED) is 0.211. The molecule has 1 aliphatic rings. The lowest BCUT2D eigenvalue weighted by Crippen LogP contribution is -2.41. The number of carbonyl (C=O) groups excluding carboxylic acids is 2. The summed E-state index contributed by atoms with van der Waals surface area (Å²) in [5.41, 5.74) is -8.37. The van der Waals surface area contributed by atoms with E-state index in [0.29, 0.717) is 0 Å². The van der Waals surface area contributed by atoms with Gasteiger partial charge in [0.25, 0.3) is 0 Å². The number of carbonyl (C=O) groups is 2. The average molecular weight is 513 g/mol. The van der Waals surface area contributed by atoms with Crippen LogP contribution in [0.25, 0.3) is 0 Å². The van der Waals surface area contributed by atoms with E-state index < -0.39 is 79.1 Å². The van der Waals surface area contributed by atoms with E-state index in [-0.39, 0.29) is 22.3 Å². The predicted octanol–water partition coefficient (Wildman–Crippen LogP) is 3.51. The SMILES string of the molecule is CC(C)(CC1=C(CC(C)(C)[N+](=O)[O-])C(=O)C(CC(C)(C)[N+](=O)[O-])=C(CC(C)(C)[N+](=O)[O-])C1=O)[N+](=O)[O-]. The van der Waals surface area contributed by atoms with E-state index in [1.807, 2.05) is 0 Å². The third kappa shape index (κ3) is 6.34. The first kappa shape index (κ1) is 30.5. The lowest BCUT2D eigenvalue weighted by molar-refractivity contribution is -0.561. The number of rotatable bonds is 12. The highest BCUT2D eigenvalue weighted by molar-refractivity contribution is 6.25. The van der Waals surface area contributed by atoms with Crippen LogP contribution in [0.2, 0.25) is 0 Å². The van der Waals surface area contributed by atoms with Crippen LogP contribution in [-0.4, -0.2) is 53.4 Å². The van der Waals surface area contributed by atoms with Gasteiger partial charge in [0.2, 0.25) is 22.2 Å². The van der Waals surface area contributed by atoms with E-state index in [2.05, 4.69) is 0 Å². The maximum absolute atomic E-state index is 13.8. The predicted molar refractivity (Wildman–Crippen MR) is 127 cm³/mol. The summed E-state index contributed by atoms with van der Waals surface area (Å²) in [6.45, 7) is 9.70. The van der Waals surface area contributed by atoms with Gasteiger partial charge >= 0.3 is 0 Å². The van der Waals surface area contributed by atoms with Crippen LogP contribution in [0.5, 0.6) is 0 Å². The van der Waals surface area contributed by atoms with E-state index in [1.54, 1.807) is 0 Å². The summed E-state index contributed by atoms with van der Waals surface area (Å²) in [5, 5.41) is 46.4. The van der Waals surface area contributed by atoms with E-state index in [9.17, 15) is 50.0 Å². The zero-order valence-electron chi connectivity index (χ0n) is 21.7. The van der Waals surface area contributed by atoms with E-state index in [4.69, 9.17) is 0 Å². The molecule has 0 amide bonds. The summed E-state index contributed by atoms with van der Waals surface area (Å²) in [5.74, 6) is -1.80. The fraction of sp³-hybridized carbons (Fsp3) is 0.727. The van der Waals surface area contributed by atoms with Gasteiger partial charge in [-0.1, -0.05) is 0 Å². The van der Waals surface area contributed by atoms with Crippen molar-refractivity contribution < 1.29 is 29.3 Å². The second-order valence-electron chi connectivity index (χ2n) is 11.6. The molecule has 0 aromatic rings. The van der Waals surface area contributed by atoms with Gasteiger partial charge in [0, 0.05) is 123 Å². The van der Waals surface area contributed by atoms with Gasteiger partial charge in [-0.25, -0.2) is 0 Å². The Kier molecular flexibility index (Phi) is 8.30. The lowest BCUT2D eigenvalue weighted by atomic mass is 9.71. The largest absolute Gasteiger partial charge is 0.289 e. The Balaban J connectivity index is 3.98. The van der Waals surface area contributed by atoms with Crippen LogP contribution in [0.15, 0.2) is 22.3 Å². The topological polar surface area (TPSA) is 207 Å². The molecule has 36 heavy (non-hydrogen) atoms. The van der Waals surface area contributed by atoms with Crippen molar-refractivity contribution in [1.29, 1.82) is 0 Å². The van der Waals surface area contributed by atoms with E-state index >= 15 is 0 Å². The molecule has 0 saturated heterocycles. The molecule has 0 bridgehead atoms. The molecule has 0 aromatic carbocycles. The third-order valence-corrected chi connectivity index (χ3v) is 6.24. The molecule has 1 aliphatic carbocycles. The van der Waals surface area contributed by atoms with Gasteiger partial charge in [0.15, 0.2) is 11.6 Å². The summed E-state index contributed by atoms with van der Waals surface area (Å²) in [6.07, 6.45) is -2.27. The van der Waals surface area contributed by atoms with Gasteiger partial charge in [-0.3, -0.25) is 50.0 Å². The first-order valence-electron chi connectivity index (χ1n) is 11.1. The van der Waals surface area contributed by atoms with Crippen molar-refractivity contribution in [3.05, 3.63) is 62.7 Å². The summed E-state index contributed by atoms with van der Waals surface area (Å²) < 4.78 is 0. The van der Waals surface area contributed by atoms with Crippen molar-refractivity contribution in [2.24, 2.45) is 0 Å². The van der Waals surface area contributed by atoms with Crippen LogP contribution >= 0.6 is 0 Å². The molecule has 14 nitrogen and oxygen atoms in total. The van der Waals surface area contributed by atoms with Crippen molar-refractivity contribution in [2.75, 3.05) is 0 Å². The van der Waals surface area contributed by atoms with Crippen LogP contribution in [0.3, 0.4) is 0 Å². The lowest BCUT2D eigenvalue weighted by Gasteiger charge is -2.30. The number of Topliss-reactive ketones (excluding diaryl/α,β-unsaturated/α-hetero) is 2. The molecule has 0 fully saturated rings. The number of nitrogens with zero attached hydrogens (tertiary/aromatic N) is 4. The Labute approximate surface area is 207 Å². The van der Waals surface area contributed by atoms with Gasteiger partial charge < -0.3 is 0 Å². The van der Waals surface area contributed by atoms with E-state index in [1.165, 1.54) is 55.4 Å². The van der Waals surface area contributed by atoms with Crippen LogP contribution in [-0.2, 0) is 9.59 Å². The Morgan fingerprint density at radius 3 is 0.694 bits per heavy atom. The van der Waals surface area contributed by atoms with Gasteiger partial charge in [-0.2, -0.15) is 0 Å². The molecule has 0 atom stereocenters. The second-order valence-corrected chi connectivity index (χ2v) is 11.6. The molecule has 0 aromatic heterocycles. The molecule has 1 rings (SSSR count). The normalized spacial score (nSPS) is 15.9. The van der Waals surface area contributed by atoms with Crippen LogP contribution in [0.1, 0.15) is 81.1 Å². The molecule has 0 saturated carbocycles. The van der Waals surface area contributed by atoms with Gasteiger partial charge in [0.1, 0.15) is 0 Å². The fourth-order valence-corrected chi connectivity index (χ4v) is 3.65. The maximum atomic E-state index is 13.8. The van der Waals surface area contributed by atoms with Gasteiger partial charge in [-0.05, 0) is 0 Å². The molecule has 0 heterocycles. The average Bonchev–Trinajstić information content (AvgIpc) is 2.70. The summed E-state index contributed by atoms with van der Waals surface area (Å²) >= 11 is 0. The number of ketones is 2. The Bertz CT molecular complexity index is 930. The smallest absolute Gasteiger partial charge is 0.220 e. The standard InChI is InChI=1S/C22H32N4O10/c1-19(2,23(29)30)9-13-14(10-20(3,4)24(31)32)18(28)16(12-22(7,8)26(35)36)15(17(13)27)11-21(5,6)25(33)34/h9-12H2,1-8H3. The van der Waals surface area contributed by atoms with Crippen molar-refractivity contribution in [2.45, 2.75) is 103 Å². The van der Waals surface area contributed by atoms with Gasteiger partial charge in [-0.15, -0.1) is 0 Å². The summed E-state index contributed by atoms with van der Waals surface area (Å²) in [4.78, 5) is 71.3. The zero-order valence-corrected chi connectivity index (χ0v) is 21.7. The minimum atomic E-state index is -1.75. The maximum Gasteiger partial charge on any atom is 0.220 e. The van der Waals surface area contributed by atoms with Gasteiger partial charge in [0.05, 0.1) is 0 Å². The molecule has 0 spiro atoms. The van der Waals surface area contributed by atoms with Crippen LogP contribution < -0.4 is 0 Å². The zero-order chi connectivity index (χ0) is 28.6. The highest BCUT2D eigenvalue weighted by Gasteiger charge is 2.48. The van der Waals surface area contributed by atoms with Crippen molar-refractivity contribution in [3.8, 4) is 0 Å². The van der Waals surface area contributed by atoms with Crippen LogP contribution in [0.4, 0.5) is 0 Å². The highest BCUT2D eigenvalue weighted by Crippen LogP contribution is 2.40. The highest BCUT2D eigenvalue weighted by atomic mass is 16.6. The second kappa shape index (κ2) is 9.82. The molecule has 14 heteroatoms. The number of hydrogen-bond acceptors (Lipinski definition) is 10. The minimum Gasteiger partial charge on any atom is -0.289 e. The first-order chi connectivity index (χ1) is 16.0. The van der Waals surface area contributed by atoms with E-state index in [0.717, 1.165) is 0 Å². The Morgan fingerprint density at radius 2 is 0.583 bits per heavy atom. The molecule has 0 unspecified atom stereocenters. The molecule has 0 radical (unpaired) electrons. The fourth-order valence-electron chi connectivity index (χ4n) is 3.65. The Morgan fingerprint density at radius 1 is 0.444 bits per heavy atom. The number of hydrogen-bond donors (Lipinski definition) is 0. The van der Waals surface area contributed by atoms with Crippen molar-refractivity contribution in [3.63, 3.8) is 0 Å². The molecule has 0 aliphatic heterocycles. The molecule has 0 N–H and O–H groups in total. The van der Waals surface area contributed by atoms with Crippen molar-refractivity contribution >= 4 is 11.6 Å². The number of nitro groups is 4. The molecule has 200 valence electrons. The monoisotopic (exact) mass is 512 g/mol. The minimum absolute atomic E-state index is 0.339. The summed E-state index contributed by atoms with van der Waals surface area (Å²) in [6, 6.07) is 0.